The largest absolute Gasteiger partial charge is 0.493 e. The van der Waals surface area contributed by atoms with Crippen LogP contribution in [0.5, 0.6) is 23.0 Å². The molecule has 1 aliphatic carbocycles. The molecule has 6 heteroatoms. The number of rotatable bonds is 5. The summed E-state index contributed by atoms with van der Waals surface area (Å²) in [5.74, 6) is 1.79. The third-order valence-corrected chi connectivity index (χ3v) is 5.89. The first-order chi connectivity index (χ1) is 15.0. The molecule has 0 amide bonds. The van der Waals surface area contributed by atoms with Crippen molar-refractivity contribution in [2.75, 3.05) is 14.2 Å². The fourth-order valence-electron chi connectivity index (χ4n) is 4.10. The molecule has 31 heavy (non-hydrogen) atoms. The number of allylic oxidation sites excluding steroid dienone is 1. The lowest BCUT2D eigenvalue weighted by Crippen LogP contribution is -2.23. The zero-order valence-corrected chi connectivity index (χ0v) is 18.0. The predicted octanol–water partition coefficient (Wildman–Crippen LogP) is 5.11. The Bertz CT molecular complexity index is 1050. The molecule has 1 heterocycles. The van der Waals surface area contributed by atoms with Gasteiger partial charge in [0.25, 0.3) is 0 Å². The molecule has 1 saturated carbocycles. The third kappa shape index (κ3) is 4.15. The number of hydrogen-bond donors (Lipinski definition) is 0. The fourth-order valence-corrected chi connectivity index (χ4v) is 4.10. The Labute approximate surface area is 181 Å². The highest BCUT2D eigenvalue weighted by atomic mass is 16.5. The second-order valence-electron chi connectivity index (χ2n) is 7.88. The van der Waals surface area contributed by atoms with Crippen molar-refractivity contribution >= 4 is 17.8 Å². The van der Waals surface area contributed by atoms with Crippen LogP contribution >= 0.6 is 0 Å². The zero-order chi connectivity index (χ0) is 22.0. The smallest absolute Gasteiger partial charge is 0.314 e. The van der Waals surface area contributed by atoms with Gasteiger partial charge in [0.15, 0.2) is 17.3 Å². The highest BCUT2D eigenvalue weighted by Crippen LogP contribution is 2.40. The molecule has 2 aliphatic rings. The van der Waals surface area contributed by atoms with E-state index in [0.29, 0.717) is 34.1 Å². The number of Topliss-reactive ketones (excluding diaryl/α,β-unsaturated/α-hetero) is 1. The van der Waals surface area contributed by atoms with Gasteiger partial charge < -0.3 is 18.9 Å². The topological polar surface area (TPSA) is 71.1 Å². The van der Waals surface area contributed by atoms with Crippen LogP contribution in [0.2, 0.25) is 0 Å². The van der Waals surface area contributed by atoms with Gasteiger partial charge in [-0.3, -0.25) is 9.59 Å². The first kappa shape index (κ1) is 21.0. The number of fused-ring (bicyclic) bond motifs is 1. The van der Waals surface area contributed by atoms with Crippen molar-refractivity contribution in [3.05, 3.63) is 52.8 Å². The predicted molar refractivity (Wildman–Crippen MR) is 116 cm³/mol. The van der Waals surface area contributed by atoms with Gasteiger partial charge in [0.2, 0.25) is 5.78 Å². The molecule has 0 bridgehead atoms. The molecule has 0 spiro atoms. The Kier molecular flexibility index (Phi) is 5.98. The molecule has 2 aromatic rings. The average Bonchev–Trinajstić information content (AvgIpc) is 3.12. The second-order valence-corrected chi connectivity index (χ2v) is 7.88. The second kappa shape index (κ2) is 8.84. The van der Waals surface area contributed by atoms with E-state index in [-0.39, 0.29) is 23.4 Å². The van der Waals surface area contributed by atoms with E-state index in [9.17, 15) is 9.59 Å². The van der Waals surface area contributed by atoms with Gasteiger partial charge in [-0.25, -0.2) is 0 Å². The van der Waals surface area contributed by atoms with E-state index in [4.69, 9.17) is 18.9 Å². The standard InChI is InChI=1S/C25H26O6/c1-15-19(31-25(27)17-7-5-4-6-8-17)12-10-18-23(26)22(30-24(15)18)14-16-9-11-20(28-2)21(13-16)29-3/h9-14,17H,4-8H2,1-3H3/b22-14-. The minimum absolute atomic E-state index is 0.0514. The summed E-state index contributed by atoms with van der Waals surface area (Å²) >= 11 is 0. The molecule has 1 aliphatic heterocycles. The van der Waals surface area contributed by atoms with Crippen molar-refractivity contribution < 1.29 is 28.5 Å². The molecular weight excluding hydrogens is 396 g/mol. The number of esters is 1. The maximum atomic E-state index is 12.9. The molecule has 0 aromatic heterocycles. The van der Waals surface area contributed by atoms with E-state index in [1.807, 2.05) is 6.07 Å². The number of carbonyl (C=O) groups excluding carboxylic acids is 2. The monoisotopic (exact) mass is 422 g/mol. The maximum absolute atomic E-state index is 12.9. The van der Waals surface area contributed by atoms with E-state index in [1.165, 1.54) is 6.42 Å². The van der Waals surface area contributed by atoms with Gasteiger partial charge in [0, 0.05) is 5.56 Å². The molecular formula is C25H26O6. The van der Waals surface area contributed by atoms with Crippen molar-refractivity contribution in [3.8, 4) is 23.0 Å². The third-order valence-electron chi connectivity index (χ3n) is 5.89. The molecule has 4 rings (SSSR count). The van der Waals surface area contributed by atoms with Crippen LogP contribution in [-0.4, -0.2) is 26.0 Å². The first-order valence-corrected chi connectivity index (χ1v) is 10.5. The summed E-state index contributed by atoms with van der Waals surface area (Å²) in [5, 5.41) is 0. The summed E-state index contributed by atoms with van der Waals surface area (Å²) in [7, 11) is 3.12. The molecule has 1 fully saturated rings. The molecule has 0 radical (unpaired) electrons. The van der Waals surface area contributed by atoms with Gasteiger partial charge in [0.05, 0.1) is 25.7 Å². The van der Waals surface area contributed by atoms with Crippen LogP contribution in [0.25, 0.3) is 6.08 Å². The van der Waals surface area contributed by atoms with Gasteiger partial charge in [-0.05, 0) is 55.7 Å². The molecule has 0 N–H and O–H groups in total. The van der Waals surface area contributed by atoms with Gasteiger partial charge in [-0.15, -0.1) is 0 Å². The van der Waals surface area contributed by atoms with E-state index >= 15 is 0 Å². The SMILES string of the molecule is COc1ccc(/C=C2\Oc3c(ccc(OC(=O)C4CCCCC4)c3C)C2=O)cc1OC. The lowest BCUT2D eigenvalue weighted by atomic mass is 9.89. The Balaban J connectivity index is 1.57. The number of benzene rings is 2. The summed E-state index contributed by atoms with van der Waals surface area (Å²) in [6.07, 6.45) is 6.70. The molecule has 2 aromatic carbocycles. The summed E-state index contributed by atoms with van der Waals surface area (Å²) in [6.45, 7) is 1.80. The van der Waals surface area contributed by atoms with Crippen LogP contribution in [0.3, 0.4) is 0 Å². The molecule has 6 nitrogen and oxygen atoms in total. The van der Waals surface area contributed by atoms with E-state index in [0.717, 1.165) is 31.2 Å². The molecule has 0 saturated heterocycles. The van der Waals surface area contributed by atoms with Crippen molar-refractivity contribution in [2.45, 2.75) is 39.0 Å². The van der Waals surface area contributed by atoms with Crippen LogP contribution in [-0.2, 0) is 4.79 Å². The van der Waals surface area contributed by atoms with Gasteiger partial charge in [0.1, 0.15) is 11.5 Å². The molecule has 0 atom stereocenters. The van der Waals surface area contributed by atoms with Gasteiger partial charge >= 0.3 is 5.97 Å². The van der Waals surface area contributed by atoms with E-state index in [1.54, 1.807) is 51.5 Å². The lowest BCUT2D eigenvalue weighted by molar-refractivity contribution is -0.140. The highest BCUT2D eigenvalue weighted by molar-refractivity contribution is 6.15. The molecule has 162 valence electrons. The van der Waals surface area contributed by atoms with Crippen molar-refractivity contribution in [1.82, 2.24) is 0 Å². The minimum Gasteiger partial charge on any atom is -0.493 e. The normalized spacial score (nSPS) is 17.3. The number of ketones is 1. The number of ether oxygens (including phenoxy) is 4. The number of methoxy groups -OCH3 is 2. The fraction of sp³-hybridized carbons (Fsp3) is 0.360. The number of carbonyl (C=O) groups is 2. The van der Waals surface area contributed by atoms with E-state index in [2.05, 4.69) is 0 Å². The Morgan fingerprint density at radius 2 is 1.71 bits per heavy atom. The minimum atomic E-state index is -0.210. The van der Waals surface area contributed by atoms with Crippen LogP contribution in [0.15, 0.2) is 36.1 Å². The van der Waals surface area contributed by atoms with Gasteiger partial charge in [-0.2, -0.15) is 0 Å². The van der Waals surface area contributed by atoms with Gasteiger partial charge in [-0.1, -0.05) is 25.3 Å². The van der Waals surface area contributed by atoms with Crippen molar-refractivity contribution in [1.29, 1.82) is 0 Å². The quantitative estimate of drug-likeness (QED) is 0.379. The molecule has 0 unspecified atom stereocenters. The van der Waals surface area contributed by atoms with Crippen LogP contribution < -0.4 is 18.9 Å². The van der Waals surface area contributed by atoms with E-state index < -0.39 is 0 Å². The maximum Gasteiger partial charge on any atom is 0.314 e. The Morgan fingerprint density at radius 1 is 1.00 bits per heavy atom. The van der Waals surface area contributed by atoms with Crippen LogP contribution in [0.1, 0.15) is 53.6 Å². The summed E-state index contributed by atoms with van der Waals surface area (Å²) in [4.78, 5) is 25.4. The summed E-state index contributed by atoms with van der Waals surface area (Å²) in [5.41, 5.74) is 1.85. The van der Waals surface area contributed by atoms with Crippen LogP contribution in [0.4, 0.5) is 0 Å². The lowest BCUT2D eigenvalue weighted by Gasteiger charge is -2.20. The number of hydrogen-bond acceptors (Lipinski definition) is 6. The summed E-state index contributed by atoms with van der Waals surface area (Å²) in [6, 6.07) is 8.69. The summed E-state index contributed by atoms with van der Waals surface area (Å²) < 4.78 is 22.1. The Morgan fingerprint density at radius 3 is 2.42 bits per heavy atom. The van der Waals surface area contributed by atoms with Crippen LogP contribution in [0, 0.1) is 12.8 Å². The van der Waals surface area contributed by atoms with Crippen molar-refractivity contribution in [3.63, 3.8) is 0 Å². The average molecular weight is 422 g/mol. The highest BCUT2D eigenvalue weighted by Gasteiger charge is 2.31. The first-order valence-electron chi connectivity index (χ1n) is 10.5. The zero-order valence-electron chi connectivity index (χ0n) is 18.0. The van der Waals surface area contributed by atoms with Crippen molar-refractivity contribution in [2.24, 2.45) is 5.92 Å². The Hall–Kier alpha value is -3.28.